The predicted molar refractivity (Wildman–Crippen MR) is 103 cm³/mol. The molecule has 0 bridgehead atoms. The number of Topliss-reactive ketones (excluding diaryl/α,β-unsaturated/α-hetero) is 1. The van der Waals surface area contributed by atoms with E-state index in [-0.39, 0.29) is 11.7 Å². The molecule has 138 valence electrons. The van der Waals surface area contributed by atoms with Crippen LogP contribution in [0, 0.1) is 26.7 Å². The van der Waals surface area contributed by atoms with Gasteiger partial charge in [0.15, 0.2) is 5.78 Å². The van der Waals surface area contributed by atoms with Crippen molar-refractivity contribution >= 4 is 15.8 Å². The molecule has 1 aliphatic heterocycles. The largest absolute Gasteiger partial charge is 0.294 e. The Morgan fingerprint density at radius 2 is 1.50 bits per heavy atom. The average molecular weight is 372 g/mol. The highest BCUT2D eigenvalue weighted by Crippen LogP contribution is 2.28. The van der Waals surface area contributed by atoms with Gasteiger partial charge < -0.3 is 0 Å². The van der Waals surface area contributed by atoms with Crippen molar-refractivity contribution in [3.63, 3.8) is 0 Å². The molecule has 0 saturated carbocycles. The molecule has 1 saturated heterocycles. The van der Waals surface area contributed by atoms with E-state index < -0.39 is 10.0 Å². The van der Waals surface area contributed by atoms with E-state index in [1.165, 1.54) is 4.31 Å². The van der Waals surface area contributed by atoms with Crippen molar-refractivity contribution < 1.29 is 13.2 Å². The third-order valence-electron chi connectivity index (χ3n) is 5.12. The summed E-state index contributed by atoms with van der Waals surface area (Å²) in [5.41, 5.74) is 3.52. The summed E-state index contributed by atoms with van der Waals surface area (Å²) in [6, 6.07) is 13.1. The molecular weight excluding hydrogens is 346 g/mol. The van der Waals surface area contributed by atoms with Crippen LogP contribution in [0.4, 0.5) is 0 Å². The van der Waals surface area contributed by atoms with Gasteiger partial charge in [-0.2, -0.15) is 4.31 Å². The Morgan fingerprint density at radius 3 is 2.12 bits per heavy atom. The number of sulfonamides is 1. The summed E-state index contributed by atoms with van der Waals surface area (Å²) in [6.45, 7) is 6.48. The van der Waals surface area contributed by atoms with Crippen LogP contribution in [-0.4, -0.2) is 31.6 Å². The van der Waals surface area contributed by atoms with Crippen LogP contribution in [0.5, 0.6) is 0 Å². The molecule has 2 aromatic carbocycles. The maximum absolute atomic E-state index is 13.0. The second-order valence-electron chi connectivity index (χ2n) is 7.18. The monoisotopic (exact) mass is 371 g/mol. The van der Waals surface area contributed by atoms with Crippen LogP contribution in [0.1, 0.15) is 39.9 Å². The first-order valence-corrected chi connectivity index (χ1v) is 10.4. The average Bonchev–Trinajstić information content (AvgIpc) is 2.64. The van der Waals surface area contributed by atoms with E-state index >= 15 is 0 Å². The fraction of sp³-hybridized carbons (Fsp3) is 0.381. The van der Waals surface area contributed by atoms with Gasteiger partial charge in [0.05, 0.1) is 4.90 Å². The Labute approximate surface area is 155 Å². The summed E-state index contributed by atoms with van der Waals surface area (Å²) >= 11 is 0. The number of carbonyl (C=O) groups is 1. The van der Waals surface area contributed by atoms with Crippen LogP contribution in [0.2, 0.25) is 0 Å². The van der Waals surface area contributed by atoms with Gasteiger partial charge in [-0.05, 0) is 50.8 Å². The first-order chi connectivity index (χ1) is 12.3. The summed E-state index contributed by atoms with van der Waals surface area (Å²) in [6.07, 6.45) is 1.13. The van der Waals surface area contributed by atoms with E-state index in [9.17, 15) is 13.2 Å². The maximum atomic E-state index is 13.0. The highest BCUT2D eigenvalue weighted by Gasteiger charge is 2.33. The van der Waals surface area contributed by atoms with E-state index in [0.29, 0.717) is 36.4 Å². The number of piperidine rings is 1. The molecule has 0 spiro atoms. The van der Waals surface area contributed by atoms with Gasteiger partial charge in [-0.3, -0.25) is 4.79 Å². The van der Waals surface area contributed by atoms with E-state index in [2.05, 4.69) is 0 Å². The summed E-state index contributed by atoms with van der Waals surface area (Å²) < 4.78 is 27.5. The van der Waals surface area contributed by atoms with Crippen LogP contribution >= 0.6 is 0 Å². The van der Waals surface area contributed by atoms with Crippen LogP contribution in [-0.2, 0) is 10.0 Å². The van der Waals surface area contributed by atoms with E-state index in [1.807, 2.05) is 57.2 Å². The quantitative estimate of drug-likeness (QED) is 0.766. The molecule has 3 rings (SSSR count). The smallest absolute Gasteiger partial charge is 0.243 e. The summed E-state index contributed by atoms with van der Waals surface area (Å²) in [7, 11) is -3.51. The number of benzene rings is 2. The zero-order chi connectivity index (χ0) is 18.9. The molecule has 0 radical (unpaired) electrons. The third-order valence-corrected chi connectivity index (χ3v) is 7.16. The number of carbonyl (C=O) groups excluding carboxylic acids is 1. The molecule has 0 aromatic heterocycles. The van der Waals surface area contributed by atoms with Crippen LogP contribution < -0.4 is 0 Å². The lowest BCUT2D eigenvalue weighted by atomic mass is 9.89. The first-order valence-electron chi connectivity index (χ1n) is 8.97. The van der Waals surface area contributed by atoms with Gasteiger partial charge in [0.2, 0.25) is 10.0 Å². The van der Waals surface area contributed by atoms with Gasteiger partial charge in [0, 0.05) is 24.6 Å². The second kappa shape index (κ2) is 7.33. The lowest BCUT2D eigenvalue weighted by Crippen LogP contribution is -2.40. The Morgan fingerprint density at radius 1 is 0.923 bits per heavy atom. The van der Waals surface area contributed by atoms with Crippen molar-refractivity contribution in [3.05, 3.63) is 64.7 Å². The highest BCUT2D eigenvalue weighted by molar-refractivity contribution is 7.89. The predicted octanol–water partition coefficient (Wildman–Crippen LogP) is 3.90. The van der Waals surface area contributed by atoms with Crippen molar-refractivity contribution in [2.24, 2.45) is 5.92 Å². The van der Waals surface area contributed by atoms with Gasteiger partial charge in [-0.1, -0.05) is 42.0 Å². The first kappa shape index (κ1) is 18.8. The molecule has 0 aliphatic carbocycles. The van der Waals surface area contributed by atoms with Crippen molar-refractivity contribution in [1.29, 1.82) is 0 Å². The van der Waals surface area contributed by atoms with Crippen molar-refractivity contribution in [2.45, 2.75) is 38.5 Å². The molecule has 1 heterocycles. The lowest BCUT2D eigenvalue weighted by Gasteiger charge is -2.31. The van der Waals surface area contributed by atoms with Crippen molar-refractivity contribution in [3.8, 4) is 0 Å². The molecule has 0 N–H and O–H groups in total. The van der Waals surface area contributed by atoms with E-state index in [1.54, 1.807) is 6.07 Å². The Kier molecular flexibility index (Phi) is 5.30. The van der Waals surface area contributed by atoms with Crippen molar-refractivity contribution in [2.75, 3.05) is 13.1 Å². The van der Waals surface area contributed by atoms with Gasteiger partial charge in [-0.25, -0.2) is 8.42 Å². The Bertz CT molecular complexity index is 909. The van der Waals surface area contributed by atoms with Crippen LogP contribution in [0.3, 0.4) is 0 Å². The number of ketones is 1. The molecule has 1 aliphatic rings. The molecule has 26 heavy (non-hydrogen) atoms. The molecule has 4 nitrogen and oxygen atoms in total. The fourth-order valence-electron chi connectivity index (χ4n) is 3.44. The summed E-state index contributed by atoms with van der Waals surface area (Å²) in [5, 5.41) is 0. The summed E-state index contributed by atoms with van der Waals surface area (Å²) in [4.78, 5) is 13.0. The maximum Gasteiger partial charge on any atom is 0.243 e. The minimum Gasteiger partial charge on any atom is -0.294 e. The van der Waals surface area contributed by atoms with Crippen LogP contribution in [0.15, 0.2) is 47.4 Å². The molecule has 2 aromatic rings. The number of nitrogens with zero attached hydrogens (tertiary/aromatic N) is 1. The highest BCUT2D eigenvalue weighted by atomic mass is 32.2. The van der Waals surface area contributed by atoms with Gasteiger partial charge >= 0.3 is 0 Å². The minimum absolute atomic E-state index is 0.109. The number of hydrogen-bond acceptors (Lipinski definition) is 3. The zero-order valence-electron chi connectivity index (χ0n) is 15.5. The second-order valence-corrected chi connectivity index (χ2v) is 9.08. The van der Waals surface area contributed by atoms with Gasteiger partial charge in [0.1, 0.15) is 0 Å². The third kappa shape index (κ3) is 3.74. The van der Waals surface area contributed by atoms with E-state index in [4.69, 9.17) is 0 Å². The standard InChI is InChI=1S/C21H25NO3S/c1-15-5-8-18(9-6-15)21(23)19-10-12-22(13-11-19)26(24,25)20-14-16(2)4-7-17(20)3/h4-9,14,19H,10-13H2,1-3H3. The zero-order valence-corrected chi connectivity index (χ0v) is 16.3. The molecule has 0 atom stereocenters. The Hall–Kier alpha value is -1.98. The topological polar surface area (TPSA) is 54.5 Å². The van der Waals surface area contributed by atoms with Crippen molar-refractivity contribution in [1.82, 2.24) is 4.31 Å². The van der Waals surface area contributed by atoms with Crippen LogP contribution in [0.25, 0.3) is 0 Å². The molecule has 0 amide bonds. The SMILES string of the molecule is Cc1ccc(C(=O)C2CCN(S(=O)(=O)c3cc(C)ccc3C)CC2)cc1. The number of hydrogen-bond donors (Lipinski definition) is 0. The number of rotatable bonds is 4. The summed E-state index contributed by atoms with van der Waals surface area (Å²) in [5.74, 6) is 0.0107. The molecule has 5 heteroatoms. The molecule has 0 unspecified atom stereocenters. The Balaban J connectivity index is 1.72. The molecule has 1 fully saturated rings. The fourth-order valence-corrected chi connectivity index (χ4v) is 5.22. The number of aryl methyl sites for hydroxylation is 3. The molecular formula is C21H25NO3S. The van der Waals surface area contributed by atoms with E-state index in [0.717, 1.165) is 16.7 Å². The lowest BCUT2D eigenvalue weighted by molar-refractivity contribution is 0.0875. The minimum atomic E-state index is -3.51. The van der Waals surface area contributed by atoms with Gasteiger partial charge in [-0.15, -0.1) is 0 Å². The normalized spacial score (nSPS) is 16.6. The van der Waals surface area contributed by atoms with Gasteiger partial charge in [0.25, 0.3) is 0 Å².